The van der Waals surface area contributed by atoms with Crippen LogP contribution in [0.3, 0.4) is 0 Å². The maximum atomic E-state index is 13.1. The standard InChI is InChI=1S/C23H22FN3O5S/c1-30-18-5-3-6-19(31-2)22(18)27-21(25-26-23(27)20-7-4-13-32-20)15-33(28,29)14-12-16-8-10-17(24)11-9-16/h3-11,13H,12,14-15H2,1-2H3. The highest BCUT2D eigenvalue weighted by Gasteiger charge is 2.26. The van der Waals surface area contributed by atoms with Gasteiger partial charge in [-0.15, -0.1) is 10.2 Å². The quantitative estimate of drug-likeness (QED) is 0.366. The van der Waals surface area contributed by atoms with Gasteiger partial charge < -0.3 is 13.9 Å². The van der Waals surface area contributed by atoms with Crippen molar-refractivity contribution in [1.29, 1.82) is 0 Å². The van der Waals surface area contributed by atoms with Gasteiger partial charge >= 0.3 is 0 Å². The number of benzene rings is 2. The molecule has 2 aromatic heterocycles. The second-order valence-corrected chi connectivity index (χ2v) is 9.42. The minimum atomic E-state index is -3.60. The van der Waals surface area contributed by atoms with E-state index < -0.39 is 9.84 Å². The molecule has 0 bridgehead atoms. The fourth-order valence-electron chi connectivity index (χ4n) is 3.46. The van der Waals surface area contributed by atoms with Gasteiger partial charge in [0.25, 0.3) is 0 Å². The highest BCUT2D eigenvalue weighted by molar-refractivity contribution is 7.90. The first-order valence-corrected chi connectivity index (χ1v) is 11.9. The lowest BCUT2D eigenvalue weighted by atomic mass is 10.2. The molecular weight excluding hydrogens is 449 g/mol. The van der Waals surface area contributed by atoms with E-state index in [0.717, 1.165) is 5.56 Å². The highest BCUT2D eigenvalue weighted by atomic mass is 32.2. The summed E-state index contributed by atoms with van der Waals surface area (Å²) in [6.45, 7) is 0. The molecule has 10 heteroatoms. The summed E-state index contributed by atoms with van der Waals surface area (Å²) in [5, 5.41) is 8.36. The zero-order valence-electron chi connectivity index (χ0n) is 18.1. The Morgan fingerprint density at radius 3 is 2.27 bits per heavy atom. The van der Waals surface area contributed by atoms with Crippen LogP contribution in [0.4, 0.5) is 4.39 Å². The first-order chi connectivity index (χ1) is 15.9. The lowest BCUT2D eigenvalue weighted by Gasteiger charge is -2.16. The van der Waals surface area contributed by atoms with Crippen molar-refractivity contribution < 1.29 is 26.7 Å². The Morgan fingerprint density at radius 1 is 0.970 bits per heavy atom. The van der Waals surface area contributed by atoms with Gasteiger partial charge in [-0.3, -0.25) is 4.57 Å². The van der Waals surface area contributed by atoms with Crippen LogP contribution in [0.2, 0.25) is 0 Å². The normalized spacial score (nSPS) is 11.5. The number of furan rings is 1. The van der Waals surface area contributed by atoms with Gasteiger partial charge in [0.05, 0.1) is 26.2 Å². The fourth-order valence-corrected chi connectivity index (χ4v) is 4.73. The largest absolute Gasteiger partial charge is 0.494 e. The maximum Gasteiger partial charge on any atom is 0.204 e. The number of para-hydroxylation sites is 1. The Morgan fingerprint density at radius 2 is 1.67 bits per heavy atom. The molecule has 0 aliphatic carbocycles. The summed E-state index contributed by atoms with van der Waals surface area (Å²) >= 11 is 0. The van der Waals surface area contributed by atoms with Gasteiger partial charge in [0.15, 0.2) is 21.4 Å². The topological polar surface area (TPSA) is 96.5 Å². The Kier molecular flexibility index (Phi) is 6.45. The molecule has 0 atom stereocenters. The van der Waals surface area contributed by atoms with Gasteiger partial charge in [-0.25, -0.2) is 12.8 Å². The number of aryl methyl sites for hydroxylation is 1. The Labute approximate surface area is 190 Å². The summed E-state index contributed by atoms with van der Waals surface area (Å²) in [4.78, 5) is 0. The molecular formula is C23H22FN3O5S. The lowest BCUT2D eigenvalue weighted by Crippen LogP contribution is -2.16. The van der Waals surface area contributed by atoms with E-state index in [2.05, 4.69) is 10.2 Å². The Hall–Kier alpha value is -3.66. The van der Waals surface area contributed by atoms with E-state index in [0.29, 0.717) is 28.8 Å². The SMILES string of the molecule is COc1cccc(OC)c1-n1c(CS(=O)(=O)CCc2ccc(F)cc2)nnc1-c1ccco1. The molecule has 0 amide bonds. The summed E-state index contributed by atoms with van der Waals surface area (Å²) in [5.41, 5.74) is 1.19. The van der Waals surface area contributed by atoms with Crippen molar-refractivity contribution in [3.8, 4) is 28.8 Å². The molecule has 0 aliphatic heterocycles. The van der Waals surface area contributed by atoms with E-state index in [-0.39, 0.29) is 29.6 Å². The first kappa shape index (κ1) is 22.5. The molecule has 172 valence electrons. The molecule has 2 aromatic carbocycles. The van der Waals surface area contributed by atoms with Gasteiger partial charge in [-0.1, -0.05) is 18.2 Å². The molecule has 2 heterocycles. The van der Waals surface area contributed by atoms with Crippen LogP contribution in [0, 0.1) is 5.82 Å². The van der Waals surface area contributed by atoms with Crippen molar-refractivity contribution in [3.05, 3.63) is 78.1 Å². The third-order valence-electron chi connectivity index (χ3n) is 5.06. The summed E-state index contributed by atoms with van der Waals surface area (Å²) in [6, 6.07) is 14.4. The molecule has 0 radical (unpaired) electrons. The molecule has 33 heavy (non-hydrogen) atoms. The zero-order valence-corrected chi connectivity index (χ0v) is 18.9. The van der Waals surface area contributed by atoms with Crippen LogP contribution >= 0.6 is 0 Å². The third-order valence-corrected chi connectivity index (χ3v) is 6.59. The number of rotatable bonds is 9. The molecule has 0 spiro atoms. The molecule has 0 fully saturated rings. The van der Waals surface area contributed by atoms with E-state index in [1.54, 1.807) is 47.0 Å². The van der Waals surface area contributed by atoms with Crippen LogP contribution in [0.15, 0.2) is 65.3 Å². The van der Waals surface area contributed by atoms with E-state index in [4.69, 9.17) is 13.9 Å². The van der Waals surface area contributed by atoms with E-state index >= 15 is 0 Å². The molecule has 0 unspecified atom stereocenters. The van der Waals surface area contributed by atoms with Crippen LogP contribution in [-0.4, -0.2) is 43.2 Å². The molecule has 0 N–H and O–H groups in total. The molecule has 0 aliphatic rings. The fraction of sp³-hybridized carbons (Fsp3) is 0.217. The summed E-state index contributed by atoms with van der Waals surface area (Å²) in [6.07, 6.45) is 1.74. The number of sulfone groups is 1. The summed E-state index contributed by atoms with van der Waals surface area (Å²) in [7, 11) is -0.581. The van der Waals surface area contributed by atoms with Crippen molar-refractivity contribution in [1.82, 2.24) is 14.8 Å². The minimum absolute atomic E-state index is 0.134. The van der Waals surface area contributed by atoms with Crippen LogP contribution in [0.1, 0.15) is 11.4 Å². The molecule has 0 saturated heterocycles. The van der Waals surface area contributed by atoms with Gasteiger partial charge in [-0.05, 0) is 48.4 Å². The van der Waals surface area contributed by atoms with Crippen molar-refractivity contribution in [2.75, 3.05) is 20.0 Å². The van der Waals surface area contributed by atoms with E-state index in [1.807, 2.05) is 0 Å². The molecule has 0 saturated carbocycles. The number of methoxy groups -OCH3 is 2. The molecule has 8 nitrogen and oxygen atoms in total. The molecule has 4 rings (SSSR count). The number of hydrogen-bond donors (Lipinski definition) is 0. The second kappa shape index (κ2) is 9.45. The predicted octanol–water partition coefficient (Wildman–Crippen LogP) is 3.84. The van der Waals surface area contributed by atoms with Gasteiger partial charge in [0, 0.05) is 0 Å². The zero-order chi connectivity index (χ0) is 23.4. The monoisotopic (exact) mass is 471 g/mol. The number of halogens is 1. The van der Waals surface area contributed by atoms with Crippen molar-refractivity contribution >= 4 is 9.84 Å². The Balaban J connectivity index is 1.73. The Bertz CT molecular complexity index is 1310. The van der Waals surface area contributed by atoms with Crippen LogP contribution in [0.5, 0.6) is 11.5 Å². The number of nitrogens with zero attached hydrogens (tertiary/aromatic N) is 3. The lowest BCUT2D eigenvalue weighted by molar-refractivity contribution is 0.390. The highest BCUT2D eigenvalue weighted by Crippen LogP contribution is 2.36. The number of hydrogen-bond acceptors (Lipinski definition) is 7. The number of ether oxygens (including phenoxy) is 2. The number of aromatic nitrogens is 3. The van der Waals surface area contributed by atoms with Crippen molar-refractivity contribution in [3.63, 3.8) is 0 Å². The summed E-state index contributed by atoms with van der Waals surface area (Å²) < 4.78 is 57.2. The van der Waals surface area contributed by atoms with Gasteiger partial charge in [0.1, 0.15) is 28.8 Å². The van der Waals surface area contributed by atoms with Crippen LogP contribution in [-0.2, 0) is 22.0 Å². The van der Waals surface area contributed by atoms with Gasteiger partial charge in [0.2, 0.25) is 5.82 Å². The van der Waals surface area contributed by atoms with Crippen molar-refractivity contribution in [2.45, 2.75) is 12.2 Å². The van der Waals surface area contributed by atoms with E-state index in [1.165, 1.54) is 32.6 Å². The maximum absolute atomic E-state index is 13.1. The second-order valence-electron chi connectivity index (χ2n) is 7.23. The van der Waals surface area contributed by atoms with E-state index in [9.17, 15) is 12.8 Å². The average molecular weight is 472 g/mol. The summed E-state index contributed by atoms with van der Waals surface area (Å²) in [5.74, 6) is 0.929. The van der Waals surface area contributed by atoms with Crippen LogP contribution in [0.25, 0.3) is 17.3 Å². The third kappa shape index (κ3) is 4.90. The predicted molar refractivity (Wildman–Crippen MR) is 120 cm³/mol. The smallest absolute Gasteiger partial charge is 0.204 e. The minimum Gasteiger partial charge on any atom is -0.494 e. The first-order valence-electron chi connectivity index (χ1n) is 10.1. The van der Waals surface area contributed by atoms with Gasteiger partial charge in [-0.2, -0.15) is 0 Å². The average Bonchev–Trinajstić information content (AvgIpc) is 3.48. The van der Waals surface area contributed by atoms with Crippen molar-refractivity contribution in [2.24, 2.45) is 0 Å². The van der Waals surface area contributed by atoms with Crippen LogP contribution < -0.4 is 9.47 Å². The molecule has 4 aromatic rings.